The average molecular weight is 265 g/mol. The summed E-state index contributed by atoms with van der Waals surface area (Å²) in [5, 5.41) is 0. The van der Waals surface area contributed by atoms with Gasteiger partial charge in [-0.05, 0) is 39.2 Å². The van der Waals surface area contributed by atoms with Crippen molar-refractivity contribution in [3.8, 4) is 0 Å². The van der Waals surface area contributed by atoms with Gasteiger partial charge in [-0.25, -0.2) is 4.79 Å². The summed E-state index contributed by atoms with van der Waals surface area (Å²) in [4.78, 5) is 26.2. The highest BCUT2D eigenvalue weighted by Gasteiger charge is 2.45. The fraction of sp³-hybridized carbons (Fsp3) is 0.571. The molecule has 0 bridgehead atoms. The highest BCUT2D eigenvalue weighted by molar-refractivity contribution is 5.97. The number of piperidine rings is 1. The number of carbonyl (C=O) groups excluding carboxylic acids is 2. The largest absolute Gasteiger partial charge is 0.472 e. The molecule has 0 aromatic carbocycles. The number of hydrogen-bond donors (Lipinski definition) is 0. The van der Waals surface area contributed by atoms with Crippen molar-refractivity contribution in [3.63, 3.8) is 0 Å². The Kier molecular flexibility index (Phi) is 3.93. The predicted molar refractivity (Wildman–Crippen MR) is 68.6 cm³/mol. The first-order valence-corrected chi connectivity index (χ1v) is 6.61. The summed E-state index contributed by atoms with van der Waals surface area (Å²) < 4.78 is 10.1. The van der Waals surface area contributed by atoms with Crippen LogP contribution in [0.5, 0.6) is 0 Å². The van der Waals surface area contributed by atoms with Crippen molar-refractivity contribution in [2.24, 2.45) is 0 Å². The first kappa shape index (κ1) is 13.6. The van der Waals surface area contributed by atoms with Crippen molar-refractivity contribution in [2.45, 2.75) is 38.6 Å². The molecule has 1 amide bonds. The van der Waals surface area contributed by atoms with Crippen LogP contribution in [0.1, 0.15) is 43.5 Å². The lowest BCUT2D eigenvalue weighted by atomic mass is 9.88. The third-order valence-corrected chi connectivity index (χ3v) is 3.62. The van der Waals surface area contributed by atoms with Crippen LogP contribution >= 0.6 is 0 Å². The first-order chi connectivity index (χ1) is 9.09. The smallest absolute Gasteiger partial charge is 0.331 e. The monoisotopic (exact) mass is 265 g/mol. The van der Waals surface area contributed by atoms with E-state index < -0.39 is 5.54 Å². The number of esters is 1. The molecule has 1 saturated heterocycles. The van der Waals surface area contributed by atoms with Gasteiger partial charge in [-0.2, -0.15) is 0 Å². The van der Waals surface area contributed by atoms with Gasteiger partial charge >= 0.3 is 5.97 Å². The van der Waals surface area contributed by atoms with Crippen molar-refractivity contribution < 1.29 is 18.7 Å². The third-order valence-electron chi connectivity index (χ3n) is 3.62. The topological polar surface area (TPSA) is 59.8 Å². The van der Waals surface area contributed by atoms with Crippen LogP contribution in [0.4, 0.5) is 0 Å². The van der Waals surface area contributed by atoms with Gasteiger partial charge < -0.3 is 14.1 Å². The molecule has 19 heavy (non-hydrogen) atoms. The molecule has 0 N–H and O–H groups in total. The summed E-state index contributed by atoms with van der Waals surface area (Å²) >= 11 is 0. The maximum atomic E-state index is 12.4. The molecule has 5 nitrogen and oxygen atoms in total. The summed E-state index contributed by atoms with van der Waals surface area (Å²) in [5.41, 5.74) is -0.403. The Labute approximate surface area is 112 Å². The van der Waals surface area contributed by atoms with E-state index in [0.717, 1.165) is 12.8 Å². The molecule has 0 saturated carbocycles. The van der Waals surface area contributed by atoms with Crippen LogP contribution in [0.3, 0.4) is 0 Å². The van der Waals surface area contributed by atoms with Crippen molar-refractivity contribution in [1.29, 1.82) is 0 Å². The van der Waals surface area contributed by atoms with E-state index in [4.69, 9.17) is 9.15 Å². The molecule has 2 heterocycles. The molecule has 1 aromatic rings. The molecule has 1 unspecified atom stereocenters. The molecule has 1 aromatic heterocycles. The molecule has 1 aliphatic heterocycles. The van der Waals surface area contributed by atoms with E-state index in [-0.39, 0.29) is 11.9 Å². The standard InChI is InChI=1S/C14H19NO4/c1-3-19-13(17)14(2)7-4-5-8-15(14)12(16)11-6-9-18-10-11/h6,9-10H,3-5,7-8H2,1-2H3. The Morgan fingerprint density at radius 2 is 2.26 bits per heavy atom. The minimum absolute atomic E-state index is 0.177. The highest BCUT2D eigenvalue weighted by atomic mass is 16.5. The zero-order valence-electron chi connectivity index (χ0n) is 11.3. The van der Waals surface area contributed by atoms with Crippen LogP contribution in [0.2, 0.25) is 0 Å². The van der Waals surface area contributed by atoms with Gasteiger partial charge in [0, 0.05) is 6.54 Å². The Morgan fingerprint density at radius 1 is 1.47 bits per heavy atom. The fourth-order valence-electron chi connectivity index (χ4n) is 2.49. The second-order valence-electron chi connectivity index (χ2n) is 4.92. The summed E-state index contributed by atoms with van der Waals surface area (Å²) in [5.74, 6) is -0.504. The summed E-state index contributed by atoms with van der Waals surface area (Å²) in [6.07, 6.45) is 5.32. The Balaban J connectivity index is 2.25. The number of nitrogens with zero attached hydrogens (tertiary/aromatic N) is 1. The van der Waals surface area contributed by atoms with Gasteiger partial charge in [0.05, 0.1) is 18.4 Å². The molecule has 1 fully saturated rings. The lowest BCUT2D eigenvalue weighted by Gasteiger charge is -2.42. The lowest BCUT2D eigenvalue weighted by molar-refractivity contribution is -0.157. The van der Waals surface area contributed by atoms with E-state index in [9.17, 15) is 9.59 Å². The van der Waals surface area contributed by atoms with E-state index in [1.54, 1.807) is 24.8 Å². The predicted octanol–water partition coefficient (Wildman–Crippen LogP) is 2.23. The maximum absolute atomic E-state index is 12.4. The molecule has 0 spiro atoms. The number of hydrogen-bond acceptors (Lipinski definition) is 4. The van der Waals surface area contributed by atoms with Gasteiger partial charge in [-0.3, -0.25) is 4.79 Å². The molecule has 0 aliphatic carbocycles. The van der Waals surface area contributed by atoms with Crippen LogP contribution < -0.4 is 0 Å². The molecule has 2 rings (SSSR count). The van der Waals surface area contributed by atoms with Crippen LogP contribution in [0.25, 0.3) is 0 Å². The second-order valence-corrected chi connectivity index (χ2v) is 4.92. The summed E-state index contributed by atoms with van der Waals surface area (Å²) in [6, 6.07) is 1.61. The van der Waals surface area contributed by atoms with E-state index in [0.29, 0.717) is 25.1 Å². The van der Waals surface area contributed by atoms with Gasteiger partial charge in [0.1, 0.15) is 11.8 Å². The Morgan fingerprint density at radius 3 is 2.89 bits per heavy atom. The van der Waals surface area contributed by atoms with Crippen LogP contribution in [-0.4, -0.2) is 35.5 Å². The third kappa shape index (κ3) is 2.50. The first-order valence-electron chi connectivity index (χ1n) is 6.61. The Hall–Kier alpha value is -1.78. The minimum Gasteiger partial charge on any atom is -0.472 e. The molecular weight excluding hydrogens is 246 g/mol. The van der Waals surface area contributed by atoms with E-state index in [1.165, 1.54) is 12.5 Å². The second kappa shape index (κ2) is 5.47. The van der Waals surface area contributed by atoms with E-state index in [1.807, 2.05) is 0 Å². The number of amides is 1. The van der Waals surface area contributed by atoms with E-state index in [2.05, 4.69) is 0 Å². The molecular formula is C14H19NO4. The number of furan rings is 1. The van der Waals surface area contributed by atoms with Crippen LogP contribution in [0.15, 0.2) is 23.0 Å². The van der Waals surface area contributed by atoms with Crippen molar-refractivity contribution in [3.05, 3.63) is 24.2 Å². The van der Waals surface area contributed by atoms with Gasteiger partial charge in [-0.1, -0.05) is 0 Å². The minimum atomic E-state index is -0.872. The van der Waals surface area contributed by atoms with Crippen molar-refractivity contribution in [1.82, 2.24) is 4.90 Å². The maximum Gasteiger partial charge on any atom is 0.331 e. The van der Waals surface area contributed by atoms with Crippen LogP contribution in [0, 0.1) is 0 Å². The SMILES string of the molecule is CCOC(=O)C1(C)CCCCN1C(=O)c1ccoc1. The summed E-state index contributed by atoms with van der Waals surface area (Å²) in [6.45, 7) is 4.44. The van der Waals surface area contributed by atoms with Crippen LogP contribution in [-0.2, 0) is 9.53 Å². The van der Waals surface area contributed by atoms with Gasteiger partial charge in [0.15, 0.2) is 0 Å². The van der Waals surface area contributed by atoms with Gasteiger partial charge in [0.25, 0.3) is 5.91 Å². The zero-order valence-corrected chi connectivity index (χ0v) is 11.3. The molecule has 1 aliphatic rings. The molecule has 104 valence electrons. The van der Waals surface area contributed by atoms with Crippen molar-refractivity contribution in [2.75, 3.05) is 13.2 Å². The normalized spacial score (nSPS) is 23.2. The number of ether oxygens (including phenoxy) is 1. The molecule has 0 radical (unpaired) electrons. The zero-order chi connectivity index (χ0) is 13.9. The van der Waals surface area contributed by atoms with Crippen molar-refractivity contribution >= 4 is 11.9 Å². The highest BCUT2D eigenvalue weighted by Crippen LogP contribution is 2.30. The number of carbonyl (C=O) groups is 2. The summed E-state index contributed by atoms with van der Waals surface area (Å²) in [7, 11) is 0. The fourth-order valence-corrected chi connectivity index (χ4v) is 2.49. The molecule has 1 atom stereocenters. The van der Waals surface area contributed by atoms with E-state index >= 15 is 0 Å². The number of rotatable bonds is 3. The van der Waals surface area contributed by atoms with Gasteiger partial charge in [0.2, 0.25) is 0 Å². The Bertz CT molecular complexity index is 454. The van der Waals surface area contributed by atoms with Gasteiger partial charge in [-0.15, -0.1) is 0 Å². The number of likely N-dealkylation sites (tertiary alicyclic amines) is 1. The molecule has 5 heteroatoms. The quantitative estimate of drug-likeness (QED) is 0.786. The lowest BCUT2D eigenvalue weighted by Crippen LogP contribution is -2.58. The average Bonchev–Trinajstić information content (AvgIpc) is 2.92.